The van der Waals surface area contributed by atoms with Gasteiger partial charge in [-0.05, 0) is 109 Å². The molecule has 4 saturated carbocycles. The number of carbonyl (C=O) groups is 1. The van der Waals surface area contributed by atoms with Gasteiger partial charge >= 0.3 is 0 Å². The molecule has 0 aromatic carbocycles. The zero-order valence-corrected chi connectivity index (χ0v) is 21.9. The van der Waals surface area contributed by atoms with Crippen LogP contribution in [0.15, 0.2) is 11.6 Å². The van der Waals surface area contributed by atoms with E-state index in [9.17, 15) is 9.90 Å². The maximum Gasteiger partial charge on any atom is 0.126 e. The first-order valence-electron chi connectivity index (χ1n) is 13.6. The lowest BCUT2D eigenvalue weighted by Gasteiger charge is -2.71. The van der Waals surface area contributed by atoms with Crippen molar-refractivity contribution in [2.45, 2.75) is 119 Å². The van der Waals surface area contributed by atoms with Gasteiger partial charge in [0.15, 0.2) is 0 Å². The normalized spacial score (nSPS) is 53.7. The number of aliphatic hydroxyl groups excluding tert-OH is 1. The van der Waals surface area contributed by atoms with Crippen LogP contribution in [-0.4, -0.2) is 17.5 Å². The molecule has 0 saturated heterocycles. The van der Waals surface area contributed by atoms with E-state index >= 15 is 0 Å². The SMILES string of the molecule is CC1(C)CC[C@]2(C=O)CC[C@]3(C)C(=CC[C@@H]4[C@@]5(C)CC[C@@H](O)C(C)(C)[C@@H]5CC[C@]43C)[C@@H]2C1. The summed E-state index contributed by atoms with van der Waals surface area (Å²) in [5.41, 5.74) is 2.69. The highest BCUT2D eigenvalue weighted by Crippen LogP contribution is 2.75. The van der Waals surface area contributed by atoms with E-state index in [-0.39, 0.29) is 27.8 Å². The first-order chi connectivity index (χ1) is 14.8. The number of hydrogen-bond acceptors (Lipinski definition) is 2. The van der Waals surface area contributed by atoms with Gasteiger partial charge in [0.2, 0.25) is 0 Å². The number of allylic oxidation sites excluding steroid dienone is 2. The third-order valence-electron chi connectivity index (χ3n) is 12.9. The molecule has 8 atom stereocenters. The fourth-order valence-electron chi connectivity index (χ4n) is 10.5. The minimum atomic E-state index is -0.164. The zero-order chi connectivity index (χ0) is 23.4. The van der Waals surface area contributed by atoms with Gasteiger partial charge in [0.1, 0.15) is 6.29 Å². The fourth-order valence-corrected chi connectivity index (χ4v) is 10.5. The Morgan fingerprint density at radius 2 is 1.56 bits per heavy atom. The van der Waals surface area contributed by atoms with Crippen molar-refractivity contribution >= 4 is 6.29 Å². The van der Waals surface area contributed by atoms with Gasteiger partial charge in [0.25, 0.3) is 0 Å². The van der Waals surface area contributed by atoms with Crippen molar-refractivity contribution in [3.8, 4) is 0 Å². The molecule has 0 unspecified atom stereocenters. The zero-order valence-electron chi connectivity index (χ0n) is 21.9. The van der Waals surface area contributed by atoms with Crippen LogP contribution in [0.3, 0.4) is 0 Å². The van der Waals surface area contributed by atoms with Gasteiger partial charge in [-0.25, -0.2) is 0 Å². The molecule has 0 heterocycles. The number of carbonyl (C=O) groups excluding carboxylic acids is 1. The molecule has 0 spiro atoms. The Morgan fingerprint density at radius 1 is 0.875 bits per heavy atom. The van der Waals surface area contributed by atoms with E-state index in [1.807, 2.05) is 0 Å². The van der Waals surface area contributed by atoms with Crippen LogP contribution in [0.1, 0.15) is 113 Å². The van der Waals surface area contributed by atoms with Gasteiger partial charge in [-0.15, -0.1) is 0 Å². The van der Waals surface area contributed by atoms with Gasteiger partial charge in [-0.3, -0.25) is 0 Å². The molecular weight excluding hydrogens is 392 g/mol. The van der Waals surface area contributed by atoms with Crippen molar-refractivity contribution < 1.29 is 9.90 Å². The second kappa shape index (κ2) is 6.73. The van der Waals surface area contributed by atoms with Crippen LogP contribution in [0.2, 0.25) is 0 Å². The monoisotopic (exact) mass is 440 g/mol. The van der Waals surface area contributed by atoms with E-state index < -0.39 is 0 Å². The predicted octanol–water partition coefficient (Wildman–Crippen LogP) is 7.35. The van der Waals surface area contributed by atoms with Crippen LogP contribution < -0.4 is 0 Å². The summed E-state index contributed by atoms with van der Waals surface area (Å²) < 4.78 is 0. The van der Waals surface area contributed by atoms with E-state index in [1.165, 1.54) is 44.8 Å². The summed E-state index contributed by atoms with van der Waals surface area (Å²) in [6.07, 6.45) is 15.4. The Morgan fingerprint density at radius 3 is 2.25 bits per heavy atom. The van der Waals surface area contributed by atoms with E-state index in [0.29, 0.717) is 28.6 Å². The minimum Gasteiger partial charge on any atom is -0.393 e. The van der Waals surface area contributed by atoms with Crippen LogP contribution in [-0.2, 0) is 4.79 Å². The molecule has 0 aromatic heterocycles. The molecule has 32 heavy (non-hydrogen) atoms. The van der Waals surface area contributed by atoms with E-state index in [2.05, 4.69) is 54.5 Å². The highest BCUT2D eigenvalue weighted by Gasteiger charge is 2.68. The smallest absolute Gasteiger partial charge is 0.126 e. The Bertz CT molecular complexity index is 838. The lowest BCUT2D eigenvalue weighted by atomic mass is 9.33. The standard InChI is InChI=1S/C30H48O2/c1-25(2)14-16-30(19-31)17-15-28(6)20(21(30)18-25)8-9-23-27(5)12-11-24(32)26(3,4)22(27)10-13-29(23,28)7/h8,19,21-24,32H,9-18H2,1-7H3/t21-,22-,23+,24+,27-,28+,29+,30+/m0/s1. The fraction of sp³-hybridized carbons (Fsp3) is 0.900. The molecule has 5 aliphatic carbocycles. The second-order valence-corrected chi connectivity index (χ2v) is 14.9. The third kappa shape index (κ3) is 2.71. The summed E-state index contributed by atoms with van der Waals surface area (Å²) in [5, 5.41) is 10.9. The lowest BCUT2D eigenvalue weighted by Crippen LogP contribution is -2.64. The molecule has 0 amide bonds. The van der Waals surface area contributed by atoms with Crippen molar-refractivity contribution in [2.75, 3.05) is 0 Å². The van der Waals surface area contributed by atoms with Crippen molar-refractivity contribution in [3.05, 3.63) is 11.6 Å². The lowest BCUT2D eigenvalue weighted by molar-refractivity contribution is -0.202. The maximum atomic E-state index is 12.6. The summed E-state index contributed by atoms with van der Waals surface area (Å²) in [6, 6.07) is 0. The molecule has 5 aliphatic rings. The summed E-state index contributed by atoms with van der Waals surface area (Å²) in [6.45, 7) is 17.3. The molecule has 1 N–H and O–H groups in total. The number of hydrogen-bond donors (Lipinski definition) is 1. The van der Waals surface area contributed by atoms with E-state index in [1.54, 1.807) is 5.57 Å². The first-order valence-corrected chi connectivity index (χ1v) is 13.6. The van der Waals surface area contributed by atoms with Gasteiger partial charge in [-0.1, -0.05) is 60.1 Å². The molecular formula is C30H48O2. The third-order valence-corrected chi connectivity index (χ3v) is 12.9. The molecule has 0 aromatic rings. The predicted molar refractivity (Wildman–Crippen MR) is 131 cm³/mol. The van der Waals surface area contributed by atoms with E-state index in [4.69, 9.17) is 0 Å². The molecule has 2 nitrogen and oxygen atoms in total. The number of rotatable bonds is 1. The van der Waals surface area contributed by atoms with Crippen molar-refractivity contribution in [3.63, 3.8) is 0 Å². The Balaban J connectivity index is 1.59. The summed E-state index contributed by atoms with van der Waals surface area (Å²) in [4.78, 5) is 12.6. The average molecular weight is 441 g/mol. The molecule has 0 bridgehead atoms. The van der Waals surface area contributed by atoms with Crippen LogP contribution in [0, 0.1) is 50.2 Å². The maximum absolute atomic E-state index is 12.6. The van der Waals surface area contributed by atoms with Gasteiger partial charge in [0.05, 0.1) is 6.10 Å². The van der Waals surface area contributed by atoms with Crippen molar-refractivity contribution in [1.82, 2.24) is 0 Å². The largest absolute Gasteiger partial charge is 0.393 e. The first kappa shape index (κ1) is 23.1. The van der Waals surface area contributed by atoms with Gasteiger partial charge in [0, 0.05) is 5.41 Å². The topological polar surface area (TPSA) is 37.3 Å². The summed E-state index contributed by atoms with van der Waals surface area (Å²) in [7, 11) is 0. The average Bonchev–Trinajstić information content (AvgIpc) is 2.71. The van der Waals surface area contributed by atoms with Crippen molar-refractivity contribution in [2.24, 2.45) is 50.2 Å². The summed E-state index contributed by atoms with van der Waals surface area (Å²) in [5.74, 6) is 1.71. The number of fused-ring (bicyclic) bond motifs is 7. The Kier molecular flexibility index (Phi) is 4.87. The second-order valence-electron chi connectivity index (χ2n) is 14.9. The van der Waals surface area contributed by atoms with Gasteiger partial charge in [-0.2, -0.15) is 0 Å². The van der Waals surface area contributed by atoms with Crippen LogP contribution in [0.5, 0.6) is 0 Å². The minimum absolute atomic E-state index is 0.00581. The van der Waals surface area contributed by atoms with Crippen LogP contribution >= 0.6 is 0 Å². The van der Waals surface area contributed by atoms with Crippen LogP contribution in [0.25, 0.3) is 0 Å². The highest BCUT2D eigenvalue weighted by atomic mass is 16.3. The van der Waals surface area contributed by atoms with Crippen LogP contribution in [0.4, 0.5) is 0 Å². The van der Waals surface area contributed by atoms with Crippen molar-refractivity contribution in [1.29, 1.82) is 0 Å². The molecule has 0 radical (unpaired) electrons. The molecule has 4 fully saturated rings. The number of aldehydes is 1. The Labute approximate surface area is 197 Å². The molecule has 0 aliphatic heterocycles. The Hall–Kier alpha value is -0.630. The molecule has 2 heteroatoms. The summed E-state index contributed by atoms with van der Waals surface area (Å²) >= 11 is 0. The molecule has 5 rings (SSSR count). The van der Waals surface area contributed by atoms with Gasteiger partial charge < -0.3 is 9.90 Å². The quantitative estimate of drug-likeness (QED) is 0.342. The van der Waals surface area contributed by atoms with E-state index in [0.717, 1.165) is 25.7 Å². The molecule has 180 valence electrons. The number of aliphatic hydroxyl groups is 1. The highest BCUT2D eigenvalue weighted by molar-refractivity contribution is 5.63.